The SMILES string of the molecule is COc1ccccc1C=C(C(=O)OCC(=O)N1CC(C)CC(C)C1)c1ccccc1. The summed E-state index contributed by atoms with van der Waals surface area (Å²) in [5, 5.41) is 0. The monoisotopic (exact) mass is 407 g/mol. The minimum Gasteiger partial charge on any atom is -0.496 e. The number of hydrogen-bond donors (Lipinski definition) is 0. The van der Waals surface area contributed by atoms with Gasteiger partial charge in [0.15, 0.2) is 6.61 Å². The molecule has 0 spiro atoms. The molecule has 2 atom stereocenters. The Morgan fingerprint density at radius 3 is 2.30 bits per heavy atom. The van der Waals surface area contributed by atoms with E-state index < -0.39 is 5.97 Å². The molecule has 5 nitrogen and oxygen atoms in total. The van der Waals surface area contributed by atoms with E-state index in [9.17, 15) is 9.59 Å². The number of hydrogen-bond acceptors (Lipinski definition) is 4. The minimum atomic E-state index is -0.529. The summed E-state index contributed by atoms with van der Waals surface area (Å²) in [6, 6.07) is 16.8. The number of methoxy groups -OCH3 is 1. The summed E-state index contributed by atoms with van der Waals surface area (Å²) in [7, 11) is 1.59. The Hall–Kier alpha value is -3.08. The molecule has 158 valence electrons. The van der Waals surface area contributed by atoms with Crippen molar-refractivity contribution in [1.82, 2.24) is 4.90 Å². The van der Waals surface area contributed by atoms with E-state index in [-0.39, 0.29) is 12.5 Å². The number of esters is 1. The molecule has 5 heteroatoms. The molecule has 0 bridgehead atoms. The number of ether oxygens (including phenoxy) is 2. The first-order valence-corrected chi connectivity index (χ1v) is 10.3. The third-order valence-electron chi connectivity index (χ3n) is 5.29. The number of para-hydroxylation sites is 1. The summed E-state index contributed by atoms with van der Waals surface area (Å²) >= 11 is 0. The Morgan fingerprint density at radius 1 is 1.00 bits per heavy atom. The molecule has 30 heavy (non-hydrogen) atoms. The summed E-state index contributed by atoms with van der Waals surface area (Å²) < 4.78 is 10.9. The van der Waals surface area contributed by atoms with Gasteiger partial charge in [-0.2, -0.15) is 0 Å². The molecular weight excluding hydrogens is 378 g/mol. The van der Waals surface area contributed by atoms with Gasteiger partial charge in [0.2, 0.25) is 0 Å². The van der Waals surface area contributed by atoms with E-state index in [4.69, 9.17) is 9.47 Å². The summed E-state index contributed by atoms with van der Waals surface area (Å²) in [6.45, 7) is 5.46. The Morgan fingerprint density at radius 2 is 1.63 bits per heavy atom. The molecule has 3 rings (SSSR count). The highest BCUT2D eigenvalue weighted by atomic mass is 16.5. The molecule has 1 fully saturated rings. The van der Waals surface area contributed by atoms with Gasteiger partial charge < -0.3 is 14.4 Å². The standard InChI is InChI=1S/C25H29NO4/c1-18-13-19(2)16-26(15-18)24(27)17-30-25(28)22(20-9-5-4-6-10-20)14-21-11-7-8-12-23(21)29-3/h4-12,14,18-19H,13,15-17H2,1-3H3. The van der Waals surface area contributed by atoms with E-state index in [0.29, 0.717) is 36.2 Å². The van der Waals surface area contributed by atoms with Gasteiger partial charge in [0.25, 0.3) is 5.91 Å². The molecule has 1 saturated heterocycles. The Bertz CT molecular complexity index is 896. The zero-order valence-electron chi connectivity index (χ0n) is 17.8. The number of piperidine rings is 1. The highest BCUT2D eigenvalue weighted by Crippen LogP contribution is 2.26. The molecule has 0 aliphatic carbocycles. The fraction of sp³-hybridized carbons (Fsp3) is 0.360. The van der Waals surface area contributed by atoms with Gasteiger partial charge in [0.05, 0.1) is 12.7 Å². The second kappa shape index (κ2) is 10.1. The summed E-state index contributed by atoms with van der Waals surface area (Å²) in [6.07, 6.45) is 2.86. The van der Waals surface area contributed by atoms with Crippen LogP contribution in [0.2, 0.25) is 0 Å². The lowest BCUT2D eigenvalue weighted by atomic mass is 9.92. The van der Waals surface area contributed by atoms with Crippen molar-refractivity contribution in [3.05, 3.63) is 65.7 Å². The van der Waals surface area contributed by atoms with Crippen LogP contribution in [-0.4, -0.2) is 43.6 Å². The Balaban J connectivity index is 1.78. The minimum absolute atomic E-state index is 0.147. The molecule has 2 aromatic carbocycles. The van der Waals surface area contributed by atoms with Crippen LogP contribution in [0.3, 0.4) is 0 Å². The predicted octanol–water partition coefficient (Wildman–Crippen LogP) is 4.28. The number of carbonyl (C=O) groups is 2. The molecule has 2 unspecified atom stereocenters. The van der Waals surface area contributed by atoms with Crippen LogP contribution < -0.4 is 4.74 Å². The number of nitrogens with zero attached hydrogens (tertiary/aromatic N) is 1. The van der Waals surface area contributed by atoms with Crippen molar-refractivity contribution < 1.29 is 19.1 Å². The van der Waals surface area contributed by atoms with E-state index in [2.05, 4.69) is 13.8 Å². The molecular formula is C25H29NO4. The lowest BCUT2D eigenvalue weighted by molar-refractivity contribution is -0.148. The number of carbonyl (C=O) groups excluding carboxylic acids is 2. The van der Waals surface area contributed by atoms with Crippen LogP contribution in [-0.2, 0) is 14.3 Å². The zero-order valence-corrected chi connectivity index (χ0v) is 17.8. The Labute approximate surface area is 178 Å². The molecule has 1 aliphatic heterocycles. The number of amides is 1. The number of rotatable bonds is 6. The van der Waals surface area contributed by atoms with Crippen molar-refractivity contribution in [2.24, 2.45) is 11.8 Å². The molecule has 2 aromatic rings. The van der Waals surface area contributed by atoms with E-state index in [1.165, 1.54) is 0 Å². The van der Waals surface area contributed by atoms with Gasteiger partial charge in [-0.3, -0.25) is 4.79 Å². The van der Waals surface area contributed by atoms with Crippen LogP contribution in [0.4, 0.5) is 0 Å². The average molecular weight is 408 g/mol. The first kappa shape index (κ1) is 21.6. The van der Waals surface area contributed by atoms with Crippen molar-refractivity contribution in [3.63, 3.8) is 0 Å². The van der Waals surface area contributed by atoms with E-state index in [1.54, 1.807) is 18.1 Å². The molecule has 0 N–H and O–H groups in total. The van der Waals surface area contributed by atoms with Crippen molar-refractivity contribution in [2.45, 2.75) is 20.3 Å². The van der Waals surface area contributed by atoms with E-state index in [0.717, 1.165) is 17.5 Å². The van der Waals surface area contributed by atoms with Crippen LogP contribution in [0.1, 0.15) is 31.4 Å². The van der Waals surface area contributed by atoms with Gasteiger partial charge in [-0.05, 0) is 36.0 Å². The molecule has 0 radical (unpaired) electrons. The van der Waals surface area contributed by atoms with E-state index >= 15 is 0 Å². The van der Waals surface area contributed by atoms with Gasteiger partial charge >= 0.3 is 5.97 Å². The van der Waals surface area contributed by atoms with Crippen molar-refractivity contribution in [2.75, 3.05) is 26.8 Å². The van der Waals surface area contributed by atoms with Gasteiger partial charge in [-0.25, -0.2) is 4.79 Å². The maximum Gasteiger partial charge on any atom is 0.339 e. The third kappa shape index (κ3) is 5.50. The molecule has 1 amide bonds. The maximum absolute atomic E-state index is 13.0. The highest BCUT2D eigenvalue weighted by Gasteiger charge is 2.26. The average Bonchev–Trinajstić information content (AvgIpc) is 2.75. The summed E-state index contributed by atoms with van der Waals surface area (Å²) in [5.41, 5.74) is 1.87. The lowest BCUT2D eigenvalue weighted by Gasteiger charge is -2.34. The third-order valence-corrected chi connectivity index (χ3v) is 5.29. The largest absolute Gasteiger partial charge is 0.496 e. The zero-order chi connectivity index (χ0) is 21.5. The molecule has 1 aliphatic rings. The van der Waals surface area contributed by atoms with Crippen molar-refractivity contribution >= 4 is 23.5 Å². The molecule has 0 aromatic heterocycles. The second-order valence-electron chi connectivity index (χ2n) is 7.99. The van der Waals surface area contributed by atoms with Crippen LogP contribution in [0, 0.1) is 11.8 Å². The smallest absolute Gasteiger partial charge is 0.339 e. The van der Waals surface area contributed by atoms with Crippen molar-refractivity contribution in [3.8, 4) is 5.75 Å². The van der Waals surface area contributed by atoms with Crippen LogP contribution in [0.5, 0.6) is 5.75 Å². The summed E-state index contributed by atoms with van der Waals surface area (Å²) in [4.78, 5) is 27.4. The van der Waals surface area contributed by atoms with Gasteiger partial charge in [-0.15, -0.1) is 0 Å². The van der Waals surface area contributed by atoms with E-state index in [1.807, 2.05) is 54.6 Å². The predicted molar refractivity (Wildman–Crippen MR) is 118 cm³/mol. The summed E-state index contributed by atoms with van der Waals surface area (Å²) in [5.74, 6) is 0.897. The van der Waals surface area contributed by atoms with Crippen LogP contribution in [0.15, 0.2) is 54.6 Å². The molecule has 0 saturated carbocycles. The molecule has 1 heterocycles. The Kier molecular flexibility index (Phi) is 7.28. The fourth-order valence-corrected chi connectivity index (χ4v) is 3.98. The first-order chi connectivity index (χ1) is 14.5. The lowest BCUT2D eigenvalue weighted by Crippen LogP contribution is -2.44. The van der Waals surface area contributed by atoms with Gasteiger partial charge in [0.1, 0.15) is 5.75 Å². The number of likely N-dealkylation sites (tertiary alicyclic amines) is 1. The maximum atomic E-state index is 13.0. The fourth-order valence-electron chi connectivity index (χ4n) is 3.98. The number of benzene rings is 2. The van der Waals surface area contributed by atoms with Crippen molar-refractivity contribution in [1.29, 1.82) is 0 Å². The van der Waals surface area contributed by atoms with Crippen LogP contribution >= 0.6 is 0 Å². The van der Waals surface area contributed by atoms with Crippen LogP contribution in [0.25, 0.3) is 11.6 Å². The van der Waals surface area contributed by atoms with Gasteiger partial charge in [0, 0.05) is 18.7 Å². The first-order valence-electron chi connectivity index (χ1n) is 10.3. The highest BCUT2D eigenvalue weighted by molar-refractivity contribution is 6.22. The topological polar surface area (TPSA) is 55.8 Å². The normalized spacial score (nSPS) is 19.3. The second-order valence-corrected chi connectivity index (χ2v) is 7.99. The quantitative estimate of drug-likeness (QED) is 0.407. The van der Waals surface area contributed by atoms with Gasteiger partial charge in [-0.1, -0.05) is 62.4 Å².